The Morgan fingerprint density at radius 2 is 1.96 bits per heavy atom. The van der Waals surface area contributed by atoms with Gasteiger partial charge in [-0.05, 0) is 55.4 Å². The molecule has 5 rings (SSSR count). The average Bonchev–Trinajstić information content (AvgIpc) is 3.16. The first-order valence-corrected chi connectivity index (χ1v) is 9.45. The second-order valence-corrected chi connectivity index (χ2v) is 7.55. The van der Waals surface area contributed by atoms with Crippen molar-refractivity contribution in [2.24, 2.45) is 5.92 Å². The van der Waals surface area contributed by atoms with Crippen molar-refractivity contribution in [3.63, 3.8) is 0 Å². The third kappa shape index (κ3) is 3.32. The van der Waals surface area contributed by atoms with Crippen LogP contribution in [0.2, 0.25) is 0 Å². The largest absolute Gasteiger partial charge is 0.459 e. The molecule has 2 aromatic rings. The Morgan fingerprint density at radius 3 is 2.58 bits per heavy atom. The van der Waals surface area contributed by atoms with E-state index >= 15 is 0 Å². The number of ether oxygens (including phenoxy) is 1. The van der Waals surface area contributed by atoms with Crippen LogP contribution in [0.5, 0.6) is 0 Å². The summed E-state index contributed by atoms with van der Waals surface area (Å²) in [5, 5.41) is 5.33. The summed E-state index contributed by atoms with van der Waals surface area (Å²) in [6, 6.07) is 13.4. The van der Waals surface area contributed by atoms with E-state index in [9.17, 15) is 4.79 Å². The molecule has 1 unspecified atom stereocenters. The van der Waals surface area contributed by atoms with E-state index in [0.29, 0.717) is 5.92 Å². The van der Waals surface area contributed by atoms with Crippen molar-refractivity contribution in [3.8, 4) is 0 Å². The predicted octanol–water partition coefficient (Wildman–Crippen LogP) is 3.54. The number of anilines is 1. The second kappa shape index (κ2) is 6.95. The molecule has 0 aliphatic carbocycles. The van der Waals surface area contributed by atoms with Crippen molar-refractivity contribution in [1.82, 2.24) is 4.90 Å². The number of piperidine rings is 3. The summed E-state index contributed by atoms with van der Waals surface area (Å²) < 4.78 is 5.95. The summed E-state index contributed by atoms with van der Waals surface area (Å²) in [7, 11) is 0. The number of carbonyl (C=O) groups is 1. The van der Waals surface area contributed by atoms with E-state index in [1.807, 2.05) is 47.8 Å². The van der Waals surface area contributed by atoms with E-state index in [4.69, 9.17) is 4.74 Å². The number of nitrogens with one attached hydrogen (secondary N) is 1. The number of thiophene rings is 1. The van der Waals surface area contributed by atoms with E-state index in [0.717, 1.165) is 43.0 Å². The summed E-state index contributed by atoms with van der Waals surface area (Å²) in [5.74, 6) is 0.361. The van der Waals surface area contributed by atoms with Crippen LogP contribution in [0.4, 0.5) is 5.69 Å². The Labute approximate surface area is 146 Å². The van der Waals surface area contributed by atoms with Crippen molar-refractivity contribution in [1.29, 1.82) is 0 Å². The third-order valence-electron chi connectivity index (χ3n) is 5.01. The molecule has 3 fully saturated rings. The zero-order valence-corrected chi connectivity index (χ0v) is 14.4. The van der Waals surface area contributed by atoms with Crippen LogP contribution in [-0.4, -0.2) is 36.6 Å². The Morgan fingerprint density at radius 1 is 1.17 bits per heavy atom. The molecular weight excluding hydrogens is 320 g/mol. The SMILES string of the molecule is O=C(O[C@H]1CN2CCC1CC2)C(Nc1ccccc1)c1cccs1. The minimum Gasteiger partial charge on any atom is -0.459 e. The number of hydrogen-bond acceptors (Lipinski definition) is 5. The van der Waals surface area contributed by atoms with E-state index in [-0.39, 0.29) is 12.1 Å². The van der Waals surface area contributed by atoms with Crippen molar-refractivity contribution in [3.05, 3.63) is 52.7 Å². The van der Waals surface area contributed by atoms with Gasteiger partial charge in [0.05, 0.1) is 0 Å². The Bertz CT molecular complexity index is 666. The molecule has 126 valence electrons. The number of rotatable bonds is 5. The third-order valence-corrected chi connectivity index (χ3v) is 5.95. The summed E-state index contributed by atoms with van der Waals surface area (Å²) in [5.41, 5.74) is 0.932. The zero-order valence-electron chi connectivity index (χ0n) is 13.6. The van der Waals surface area contributed by atoms with Gasteiger partial charge in [0.15, 0.2) is 6.04 Å². The second-order valence-electron chi connectivity index (χ2n) is 6.57. The van der Waals surface area contributed by atoms with Crippen LogP contribution in [0, 0.1) is 5.92 Å². The molecule has 0 saturated carbocycles. The minimum absolute atomic E-state index is 0.0417. The van der Waals surface area contributed by atoms with Gasteiger partial charge in [0, 0.05) is 17.1 Å². The first-order valence-electron chi connectivity index (χ1n) is 8.57. The summed E-state index contributed by atoms with van der Waals surface area (Å²) in [4.78, 5) is 16.3. The molecular formula is C19H22N2O2S. The summed E-state index contributed by atoms with van der Waals surface area (Å²) in [6.07, 6.45) is 2.33. The average molecular weight is 342 g/mol. The number of fused-ring (bicyclic) bond motifs is 3. The van der Waals surface area contributed by atoms with Crippen LogP contribution in [0.1, 0.15) is 23.8 Å². The molecule has 1 N–H and O–H groups in total. The van der Waals surface area contributed by atoms with Crippen molar-refractivity contribution in [2.45, 2.75) is 25.0 Å². The molecule has 3 aliphatic rings. The number of nitrogens with zero attached hydrogens (tertiary/aromatic N) is 1. The summed E-state index contributed by atoms with van der Waals surface area (Å²) in [6.45, 7) is 3.18. The predicted molar refractivity (Wildman–Crippen MR) is 96.2 cm³/mol. The van der Waals surface area contributed by atoms with E-state index in [2.05, 4.69) is 10.2 Å². The lowest BCUT2D eigenvalue weighted by Gasteiger charge is -2.44. The zero-order chi connectivity index (χ0) is 16.4. The lowest BCUT2D eigenvalue weighted by atomic mass is 9.86. The normalized spacial score (nSPS) is 26.8. The van der Waals surface area contributed by atoms with Gasteiger partial charge in [-0.3, -0.25) is 4.90 Å². The van der Waals surface area contributed by atoms with Crippen LogP contribution in [-0.2, 0) is 9.53 Å². The molecule has 0 amide bonds. The maximum Gasteiger partial charge on any atom is 0.334 e. The van der Waals surface area contributed by atoms with Gasteiger partial charge >= 0.3 is 5.97 Å². The molecule has 0 spiro atoms. The topological polar surface area (TPSA) is 41.6 Å². The fraction of sp³-hybridized carbons (Fsp3) is 0.421. The van der Waals surface area contributed by atoms with Gasteiger partial charge in [0.2, 0.25) is 0 Å². The molecule has 4 nitrogen and oxygen atoms in total. The number of hydrogen-bond donors (Lipinski definition) is 1. The van der Waals surface area contributed by atoms with Crippen LogP contribution < -0.4 is 5.32 Å². The highest BCUT2D eigenvalue weighted by molar-refractivity contribution is 7.10. The maximum atomic E-state index is 12.9. The highest BCUT2D eigenvalue weighted by Gasteiger charge is 2.38. The van der Waals surface area contributed by atoms with Crippen LogP contribution in [0.25, 0.3) is 0 Å². The first-order chi connectivity index (χ1) is 11.8. The van der Waals surface area contributed by atoms with E-state index in [1.165, 1.54) is 0 Å². The standard InChI is InChI=1S/C19H22N2O2S/c22-19(23-16-13-21-10-8-14(16)9-11-21)18(17-7-4-12-24-17)20-15-5-2-1-3-6-15/h1-7,12,14,16,18,20H,8-11,13H2/t16-,18?/m0/s1. The van der Waals surface area contributed by atoms with Gasteiger partial charge < -0.3 is 10.1 Å². The van der Waals surface area contributed by atoms with Gasteiger partial charge in [-0.2, -0.15) is 0 Å². The molecule has 4 heterocycles. The van der Waals surface area contributed by atoms with Gasteiger partial charge in [0.25, 0.3) is 0 Å². The lowest BCUT2D eigenvalue weighted by molar-refractivity contribution is -0.159. The number of esters is 1. The van der Waals surface area contributed by atoms with Crippen LogP contribution in [0.3, 0.4) is 0 Å². The fourth-order valence-corrected chi connectivity index (χ4v) is 4.43. The van der Waals surface area contributed by atoms with Crippen molar-refractivity contribution in [2.75, 3.05) is 25.0 Å². The monoisotopic (exact) mass is 342 g/mol. The fourth-order valence-electron chi connectivity index (χ4n) is 3.66. The van der Waals surface area contributed by atoms with Gasteiger partial charge in [-0.15, -0.1) is 11.3 Å². The van der Waals surface area contributed by atoms with Crippen molar-refractivity contribution >= 4 is 23.0 Å². The maximum absolute atomic E-state index is 12.9. The van der Waals surface area contributed by atoms with Crippen LogP contribution >= 0.6 is 11.3 Å². The highest BCUT2D eigenvalue weighted by atomic mass is 32.1. The van der Waals surface area contributed by atoms with Gasteiger partial charge in [0.1, 0.15) is 6.10 Å². The van der Waals surface area contributed by atoms with Gasteiger partial charge in [-0.1, -0.05) is 24.3 Å². The molecule has 2 bridgehead atoms. The minimum atomic E-state index is -0.442. The van der Waals surface area contributed by atoms with Crippen molar-refractivity contribution < 1.29 is 9.53 Å². The number of benzene rings is 1. The Balaban J connectivity index is 1.49. The highest BCUT2D eigenvalue weighted by Crippen LogP contribution is 2.32. The smallest absolute Gasteiger partial charge is 0.334 e. The molecule has 5 heteroatoms. The molecule has 3 aliphatic heterocycles. The lowest BCUT2D eigenvalue weighted by Crippen LogP contribution is -2.52. The molecule has 3 saturated heterocycles. The molecule has 24 heavy (non-hydrogen) atoms. The molecule has 2 atom stereocenters. The quantitative estimate of drug-likeness (QED) is 0.844. The molecule has 1 aromatic heterocycles. The van der Waals surface area contributed by atoms with Gasteiger partial charge in [-0.25, -0.2) is 4.79 Å². The van der Waals surface area contributed by atoms with E-state index < -0.39 is 6.04 Å². The molecule has 1 aromatic carbocycles. The molecule has 0 radical (unpaired) electrons. The first kappa shape index (κ1) is 15.7. The van der Waals surface area contributed by atoms with Crippen LogP contribution in [0.15, 0.2) is 47.8 Å². The Kier molecular flexibility index (Phi) is 4.54. The Hall–Kier alpha value is -1.85. The van der Waals surface area contributed by atoms with E-state index in [1.54, 1.807) is 11.3 Å². The summed E-state index contributed by atoms with van der Waals surface area (Å²) >= 11 is 1.58. The number of carbonyl (C=O) groups excluding carboxylic acids is 1. The number of para-hydroxylation sites is 1.